The summed E-state index contributed by atoms with van der Waals surface area (Å²) >= 11 is 0. The molecule has 0 fully saturated rings. The Kier molecular flexibility index (Phi) is 14.2. The first-order valence-corrected chi connectivity index (χ1v) is 10.1. The number of unbranched alkanes of at least 4 members (excludes halogenated alkanes) is 1. The number of carboxylic acid groups (broad SMARTS) is 2. The minimum atomic E-state index is -1.42. The smallest absolute Gasteiger partial charge is 0.377 e. The van der Waals surface area contributed by atoms with Gasteiger partial charge in [-0.3, -0.25) is 4.79 Å². The Labute approximate surface area is 183 Å². The number of carbonyl (C=O) groups is 3. The number of Topliss-reactive ketones (excluding diaryl/α,β-unsaturated/α-hetero) is 1. The zero-order valence-corrected chi connectivity index (χ0v) is 18.1. The van der Waals surface area contributed by atoms with Crippen LogP contribution in [0.3, 0.4) is 0 Å². The third kappa shape index (κ3) is 12.3. The van der Waals surface area contributed by atoms with Crippen molar-refractivity contribution in [1.29, 1.82) is 0 Å². The van der Waals surface area contributed by atoms with E-state index in [2.05, 4.69) is 6.92 Å². The van der Waals surface area contributed by atoms with Gasteiger partial charge in [-0.1, -0.05) is 68.3 Å². The van der Waals surface area contributed by atoms with Gasteiger partial charge in [0.15, 0.2) is 0 Å². The first-order valence-electron chi connectivity index (χ1n) is 10.1. The summed E-state index contributed by atoms with van der Waals surface area (Å²) in [6, 6.07) is 16.2. The number of rotatable bonds is 8. The van der Waals surface area contributed by atoms with Crippen molar-refractivity contribution in [2.45, 2.75) is 52.2 Å². The van der Waals surface area contributed by atoms with E-state index in [1.807, 2.05) is 0 Å². The summed E-state index contributed by atoms with van der Waals surface area (Å²) in [6.45, 7) is 5.60. The van der Waals surface area contributed by atoms with Crippen LogP contribution in [-0.4, -0.2) is 50.4 Å². The molecular formula is C24H32O7. The quantitative estimate of drug-likeness (QED) is 0.367. The lowest BCUT2D eigenvalue weighted by Gasteiger charge is -2.22. The second-order valence-electron chi connectivity index (χ2n) is 6.96. The van der Waals surface area contributed by atoms with E-state index in [9.17, 15) is 24.6 Å². The van der Waals surface area contributed by atoms with Gasteiger partial charge in [0.05, 0.1) is 17.8 Å². The molecule has 2 atom stereocenters. The Hall–Kier alpha value is -3.03. The summed E-state index contributed by atoms with van der Waals surface area (Å²) in [4.78, 5) is 31.1. The second kappa shape index (κ2) is 15.8. The number of carboxylic acids is 2. The average molecular weight is 433 g/mol. The van der Waals surface area contributed by atoms with E-state index < -0.39 is 17.7 Å². The molecule has 0 bridgehead atoms. The van der Waals surface area contributed by atoms with Crippen molar-refractivity contribution in [3.8, 4) is 0 Å². The van der Waals surface area contributed by atoms with Crippen molar-refractivity contribution >= 4 is 17.7 Å². The average Bonchev–Trinajstić information content (AvgIpc) is 2.75. The number of hydrogen-bond acceptors (Lipinski definition) is 5. The zero-order chi connectivity index (χ0) is 23.8. The number of benzene rings is 2. The third-order valence-corrected chi connectivity index (χ3v) is 4.38. The molecule has 2 unspecified atom stereocenters. The molecule has 0 saturated heterocycles. The van der Waals surface area contributed by atoms with Crippen molar-refractivity contribution in [2.24, 2.45) is 5.92 Å². The van der Waals surface area contributed by atoms with Crippen LogP contribution in [0, 0.1) is 5.92 Å². The summed E-state index contributed by atoms with van der Waals surface area (Å²) in [5.41, 5.74) is 0.539. The first-order chi connectivity index (χ1) is 14.6. The Morgan fingerprint density at radius 3 is 1.48 bits per heavy atom. The molecule has 31 heavy (non-hydrogen) atoms. The lowest BCUT2D eigenvalue weighted by molar-refractivity contribution is -0.131. The van der Waals surface area contributed by atoms with Gasteiger partial charge in [0.1, 0.15) is 0 Å². The molecule has 7 heteroatoms. The number of aliphatic hydroxyl groups is 2. The summed E-state index contributed by atoms with van der Waals surface area (Å²) in [5.74, 6) is -3.12. The molecule has 0 aliphatic heterocycles. The van der Waals surface area contributed by atoms with Crippen molar-refractivity contribution in [3.63, 3.8) is 0 Å². The van der Waals surface area contributed by atoms with Crippen LogP contribution in [0.4, 0.5) is 0 Å². The molecule has 0 aliphatic rings. The fraction of sp³-hybridized carbons (Fsp3) is 0.375. The van der Waals surface area contributed by atoms with Gasteiger partial charge in [-0.25, -0.2) is 9.59 Å². The van der Waals surface area contributed by atoms with Gasteiger partial charge in [0, 0.05) is 11.5 Å². The molecule has 170 valence electrons. The monoisotopic (exact) mass is 432 g/mol. The highest BCUT2D eigenvalue weighted by Crippen LogP contribution is 2.16. The standard InChI is InChI=1S/C9H20O2.C8H6O3.C7H6O2/c1-4-5-6-9(7(2)10)8(3)11;9-7(8(10)11)6-4-2-1-3-5-6;8-7(9)6-4-2-1-3-5-6/h7-11H,4-6H2,1-3H3;1-5H,(H,10,11);1-5H,(H,8,9). The van der Waals surface area contributed by atoms with Gasteiger partial charge in [-0.05, 0) is 32.4 Å². The minimum Gasteiger partial charge on any atom is -0.478 e. The molecule has 2 rings (SSSR count). The van der Waals surface area contributed by atoms with Gasteiger partial charge in [-0.2, -0.15) is 0 Å². The lowest BCUT2D eigenvalue weighted by atomic mass is 9.92. The maximum Gasteiger partial charge on any atom is 0.377 e. The number of carbonyl (C=O) groups excluding carboxylic acids is 1. The predicted octanol–water partition coefficient (Wildman–Crippen LogP) is 3.89. The van der Waals surface area contributed by atoms with E-state index in [0.29, 0.717) is 5.56 Å². The Morgan fingerprint density at radius 1 is 0.774 bits per heavy atom. The number of aliphatic hydroxyl groups excluding tert-OH is 2. The van der Waals surface area contributed by atoms with Gasteiger partial charge in [0.2, 0.25) is 0 Å². The molecule has 2 aromatic carbocycles. The highest BCUT2D eigenvalue weighted by atomic mass is 16.4. The SMILES string of the molecule is CCCCC(C(C)O)C(C)O.O=C(O)C(=O)c1ccccc1.O=C(O)c1ccccc1. The summed E-state index contributed by atoms with van der Waals surface area (Å²) < 4.78 is 0. The van der Waals surface area contributed by atoms with E-state index >= 15 is 0 Å². The summed E-state index contributed by atoms with van der Waals surface area (Å²) in [5, 5.41) is 35.2. The topological polar surface area (TPSA) is 132 Å². The maximum absolute atomic E-state index is 10.7. The van der Waals surface area contributed by atoms with Crippen LogP contribution in [0.1, 0.15) is 60.7 Å². The highest BCUT2D eigenvalue weighted by molar-refractivity contribution is 6.39. The molecule has 2 aromatic rings. The predicted molar refractivity (Wildman–Crippen MR) is 118 cm³/mol. The first kappa shape index (κ1) is 28.0. The maximum atomic E-state index is 10.7. The molecule has 0 aromatic heterocycles. The van der Waals surface area contributed by atoms with Gasteiger partial charge < -0.3 is 20.4 Å². The van der Waals surface area contributed by atoms with Gasteiger partial charge in [0.25, 0.3) is 5.78 Å². The van der Waals surface area contributed by atoms with E-state index in [4.69, 9.17) is 10.2 Å². The minimum absolute atomic E-state index is 0.0509. The fourth-order valence-corrected chi connectivity index (χ4v) is 2.62. The number of ketones is 1. The molecular weight excluding hydrogens is 400 g/mol. The normalized spacial score (nSPS) is 12.7. The summed E-state index contributed by atoms with van der Waals surface area (Å²) in [6.07, 6.45) is 2.35. The second-order valence-corrected chi connectivity index (χ2v) is 6.96. The van der Waals surface area contributed by atoms with Gasteiger partial charge >= 0.3 is 11.9 Å². The molecule has 7 nitrogen and oxygen atoms in total. The number of aromatic carboxylic acids is 1. The zero-order valence-electron chi connectivity index (χ0n) is 18.1. The van der Waals surface area contributed by atoms with Crippen LogP contribution in [0.5, 0.6) is 0 Å². The van der Waals surface area contributed by atoms with Crippen LogP contribution >= 0.6 is 0 Å². The molecule has 4 N–H and O–H groups in total. The Bertz CT molecular complexity index is 763. The molecule has 0 spiro atoms. The van der Waals surface area contributed by atoms with Crippen LogP contribution in [0.2, 0.25) is 0 Å². The molecule has 0 radical (unpaired) electrons. The van der Waals surface area contributed by atoms with Crippen molar-refractivity contribution in [2.75, 3.05) is 0 Å². The molecule has 0 aliphatic carbocycles. The highest BCUT2D eigenvalue weighted by Gasteiger charge is 2.19. The third-order valence-electron chi connectivity index (χ3n) is 4.38. The van der Waals surface area contributed by atoms with E-state index in [0.717, 1.165) is 19.3 Å². The van der Waals surface area contributed by atoms with Crippen LogP contribution in [0.15, 0.2) is 60.7 Å². The number of hydrogen-bond donors (Lipinski definition) is 4. The van der Waals surface area contributed by atoms with E-state index in [1.165, 1.54) is 12.1 Å². The lowest BCUT2D eigenvalue weighted by Crippen LogP contribution is -2.27. The Balaban J connectivity index is 0.000000438. The Morgan fingerprint density at radius 2 is 1.19 bits per heavy atom. The van der Waals surface area contributed by atoms with E-state index in [-0.39, 0.29) is 23.7 Å². The molecule has 0 saturated carbocycles. The fourth-order valence-electron chi connectivity index (χ4n) is 2.62. The summed E-state index contributed by atoms with van der Waals surface area (Å²) in [7, 11) is 0. The molecule has 0 amide bonds. The largest absolute Gasteiger partial charge is 0.478 e. The number of aliphatic carboxylic acids is 1. The molecule has 0 heterocycles. The van der Waals surface area contributed by atoms with Crippen LogP contribution in [0.25, 0.3) is 0 Å². The van der Waals surface area contributed by atoms with Gasteiger partial charge in [-0.15, -0.1) is 0 Å². The van der Waals surface area contributed by atoms with Crippen LogP contribution < -0.4 is 0 Å². The van der Waals surface area contributed by atoms with Crippen molar-refractivity contribution in [1.82, 2.24) is 0 Å². The van der Waals surface area contributed by atoms with Crippen molar-refractivity contribution < 1.29 is 34.8 Å². The van der Waals surface area contributed by atoms with Crippen LogP contribution in [-0.2, 0) is 4.79 Å². The van der Waals surface area contributed by atoms with E-state index in [1.54, 1.807) is 62.4 Å². The van der Waals surface area contributed by atoms with Crippen molar-refractivity contribution in [3.05, 3.63) is 71.8 Å².